The van der Waals surface area contributed by atoms with Crippen LogP contribution in [0, 0.1) is 0 Å². The fourth-order valence-corrected chi connectivity index (χ4v) is 2.11. The molecule has 23 heavy (non-hydrogen) atoms. The Bertz CT molecular complexity index is 308. The average Bonchev–Trinajstić information content (AvgIpc) is 2.52. The molecular weight excluding hydrogens is 296 g/mol. The zero-order valence-electron chi connectivity index (χ0n) is 15.3. The molecule has 0 aliphatic rings. The smallest absolute Gasteiger partial charge is 0.184 e. The van der Waals surface area contributed by atoms with E-state index in [0.717, 1.165) is 24.0 Å². The summed E-state index contributed by atoms with van der Waals surface area (Å²) in [6.07, 6.45) is 4.63. The van der Waals surface area contributed by atoms with Crippen LogP contribution in [0.4, 0.5) is 0 Å². The van der Waals surface area contributed by atoms with Crippen LogP contribution in [-0.4, -0.2) is 50.7 Å². The van der Waals surface area contributed by atoms with Crippen molar-refractivity contribution < 1.29 is 24.1 Å². The molecule has 0 aromatic carbocycles. The van der Waals surface area contributed by atoms with Gasteiger partial charge in [-0.05, 0) is 47.5 Å². The first kappa shape index (κ1) is 22.3. The first-order valence-corrected chi connectivity index (χ1v) is 8.57. The van der Waals surface area contributed by atoms with Crippen molar-refractivity contribution in [1.29, 1.82) is 0 Å². The van der Waals surface area contributed by atoms with Crippen molar-refractivity contribution in [1.82, 2.24) is 0 Å². The zero-order chi connectivity index (χ0) is 17.5. The second-order valence-corrected chi connectivity index (χ2v) is 4.96. The third-order valence-corrected chi connectivity index (χ3v) is 3.17. The van der Waals surface area contributed by atoms with Crippen LogP contribution in [0.3, 0.4) is 0 Å². The van der Waals surface area contributed by atoms with E-state index < -0.39 is 12.6 Å². The standard InChI is InChI=1S/C18H34O5/c1-6-20-17(21-7-2)16(18(22-8-3)23-9-4)12-10-11-15(5)13-14-19/h12-13,17-19H,6-11,14H2,1-5H3. The van der Waals surface area contributed by atoms with Gasteiger partial charge in [-0.1, -0.05) is 17.7 Å². The summed E-state index contributed by atoms with van der Waals surface area (Å²) in [5, 5.41) is 8.93. The highest BCUT2D eigenvalue weighted by atomic mass is 16.7. The van der Waals surface area contributed by atoms with Gasteiger partial charge in [0.25, 0.3) is 0 Å². The minimum atomic E-state index is -0.463. The summed E-state index contributed by atoms with van der Waals surface area (Å²) >= 11 is 0. The summed E-state index contributed by atoms with van der Waals surface area (Å²) in [6.45, 7) is 12.0. The predicted octanol–water partition coefficient (Wildman–Crippen LogP) is 3.43. The summed E-state index contributed by atoms with van der Waals surface area (Å²) in [5.41, 5.74) is 2.02. The number of aliphatic hydroxyl groups excluding tert-OH is 1. The van der Waals surface area contributed by atoms with Gasteiger partial charge >= 0.3 is 0 Å². The van der Waals surface area contributed by atoms with Crippen LogP contribution < -0.4 is 0 Å². The maximum Gasteiger partial charge on any atom is 0.184 e. The van der Waals surface area contributed by atoms with Crippen LogP contribution in [-0.2, 0) is 18.9 Å². The molecule has 0 aromatic heterocycles. The lowest BCUT2D eigenvalue weighted by molar-refractivity contribution is -0.165. The molecule has 0 saturated heterocycles. The molecule has 136 valence electrons. The van der Waals surface area contributed by atoms with Crippen molar-refractivity contribution in [3.8, 4) is 0 Å². The lowest BCUT2D eigenvalue weighted by Crippen LogP contribution is -2.31. The Hall–Kier alpha value is -0.720. The van der Waals surface area contributed by atoms with Crippen molar-refractivity contribution in [3.05, 3.63) is 23.3 Å². The van der Waals surface area contributed by atoms with Gasteiger partial charge in [0.2, 0.25) is 0 Å². The molecule has 5 nitrogen and oxygen atoms in total. The predicted molar refractivity (Wildman–Crippen MR) is 92.2 cm³/mol. The molecule has 0 spiro atoms. The quantitative estimate of drug-likeness (QED) is 0.391. The van der Waals surface area contributed by atoms with Gasteiger partial charge in [-0.3, -0.25) is 0 Å². The van der Waals surface area contributed by atoms with Gasteiger partial charge < -0.3 is 24.1 Å². The molecule has 0 rings (SSSR count). The third-order valence-electron chi connectivity index (χ3n) is 3.17. The largest absolute Gasteiger partial charge is 0.392 e. The molecule has 0 saturated carbocycles. The topological polar surface area (TPSA) is 57.2 Å². The Morgan fingerprint density at radius 3 is 1.61 bits per heavy atom. The molecule has 1 N–H and O–H groups in total. The first-order valence-electron chi connectivity index (χ1n) is 8.57. The molecule has 0 heterocycles. The number of allylic oxidation sites excluding steroid dienone is 2. The van der Waals surface area contributed by atoms with Crippen LogP contribution >= 0.6 is 0 Å². The summed E-state index contributed by atoms with van der Waals surface area (Å²) in [4.78, 5) is 0. The van der Waals surface area contributed by atoms with Gasteiger partial charge in [-0.15, -0.1) is 0 Å². The Balaban J connectivity index is 5.17. The van der Waals surface area contributed by atoms with E-state index in [2.05, 4.69) is 6.08 Å². The Labute approximate surface area is 141 Å². The average molecular weight is 330 g/mol. The maximum atomic E-state index is 8.93. The molecule has 0 bridgehead atoms. The minimum Gasteiger partial charge on any atom is -0.392 e. The molecule has 5 heteroatoms. The lowest BCUT2D eigenvalue weighted by Gasteiger charge is -2.27. The second kappa shape index (κ2) is 14.8. The lowest BCUT2D eigenvalue weighted by atomic mass is 10.1. The molecule has 0 atom stereocenters. The van der Waals surface area contributed by atoms with Crippen molar-refractivity contribution in [3.63, 3.8) is 0 Å². The Kier molecular flexibility index (Phi) is 14.4. The molecule has 0 unspecified atom stereocenters. The molecule has 0 amide bonds. The van der Waals surface area contributed by atoms with Gasteiger partial charge in [0.15, 0.2) is 12.6 Å². The second-order valence-electron chi connectivity index (χ2n) is 4.96. The first-order chi connectivity index (χ1) is 11.1. The monoisotopic (exact) mass is 330 g/mol. The van der Waals surface area contributed by atoms with E-state index in [-0.39, 0.29) is 6.61 Å². The van der Waals surface area contributed by atoms with E-state index in [1.54, 1.807) is 0 Å². The van der Waals surface area contributed by atoms with Gasteiger partial charge in [0, 0.05) is 32.0 Å². The highest BCUT2D eigenvalue weighted by molar-refractivity contribution is 5.11. The molecule has 0 aliphatic carbocycles. The van der Waals surface area contributed by atoms with Crippen LogP contribution in [0.15, 0.2) is 23.3 Å². The van der Waals surface area contributed by atoms with Crippen molar-refractivity contribution in [2.24, 2.45) is 0 Å². The van der Waals surface area contributed by atoms with E-state index in [4.69, 9.17) is 24.1 Å². The van der Waals surface area contributed by atoms with Crippen molar-refractivity contribution >= 4 is 0 Å². The number of hydrogen-bond acceptors (Lipinski definition) is 5. The Morgan fingerprint density at radius 2 is 1.26 bits per heavy atom. The van der Waals surface area contributed by atoms with E-state index in [1.807, 2.05) is 40.7 Å². The van der Waals surface area contributed by atoms with Crippen LogP contribution in [0.1, 0.15) is 47.5 Å². The number of ether oxygens (including phenoxy) is 4. The summed E-state index contributed by atoms with van der Waals surface area (Å²) in [6, 6.07) is 0. The Morgan fingerprint density at radius 1 is 0.826 bits per heavy atom. The SMILES string of the molecule is CCOC(OCC)C(=CCCC(C)=CCO)C(OCC)OCC. The van der Waals surface area contributed by atoms with Gasteiger partial charge in [0.05, 0.1) is 6.61 Å². The summed E-state index contributed by atoms with van der Waals surface area (Å²) in [5.74, 6) is 0. The van der Waals surface area contributed by atoms with Crippen LogP contribution in [0.25, 0.3) is 0 Å². The van der Waals surface area contributed by atoms with E-state index in [9.17, 15) is 0 Å². The fraction of sp³-hybridized carbons (Fsp3) is 0.778. The number of hydrogen-bond donors (Lipinski definition) is 1. The minimum absolute atomic E-state index is 0.0729. The zero-order valence-corrected chi connectivity index (χ0v) is 15.3. The molecule has 0 aromatic rings. The highest BCUT2D eigenvalue weighted by Gasteiger charge is 2.24. The highest BCUT2D eigenvalue weighted by Crippen LogP contribution is 2.20. The van der Waals surface area contributed by atoms with E-state index >= 15 is 0 Å². The van der Waals surface area contributed by atoms with Crippen LogP contribution in [0.5, 0.6) is 0 Å². The van der Waals surface area contributed by atoms with Crippen molar-refractivity contribution in [2.45, 2.75) is 60.0 Å². The van der Waals surface area contributed by atoms with Gasteiger partial charge in [0.1, 0.15) is 0 Å². The molecule has 0 radical (unpaired) electrons. The van der Waals surface area contributed by atoms with E-state index in [1.165, 1.54) is 0 Å². The van der Waals surface area contributed by atoms with Gasteiger partial charge in [-0.2, -0.15) is 0 Å². The van der Waals surface area contributed by atoms with Crippen LogP contribution in [0.2, 0.25) is 0 Å². The number of aliphatic hydroxyl groups is 1. The third kappa shape index (κ3) is 9.89. The summed E-state index contributed by atoms with van der Waals surface area (Å²) in [7, 11) is 0. The summed E-state index contributed by atoms with van der Waals surface area (Å²) < 4.78 is 22.9. The fourth-order valence-electron chi connectivity index (χ4n) is 2.11. The van der Waals surface area contributed by atoms with Crippen molar-refractivity contribution in [2.75, 3.05) is 33.0 Å². The molecule has 0 fully saturated rings. The van der Waals surface area contributed by atoms with Gasteiger partial charge in [-0.25, -0.2) is 0 Å². The normalized spacial score (nSPS) is 12.3. The molecule has 0 aliphatic heterocycles. The van der Waals surface area contributed by atoms with E-state index in [0.29, 0.717) is 26.4 Å². The molecular formula is C18H34O5. The number of rotatable bonds is 14. The maximum absolute atomic E-state index is 8.93.